The van der Waals surface area contributed by atoms with Crippen LogP contribution in [0.15, 0.2) is 30.5 Å². The topological polar surface area (TPSA) is 112 Å². The maximum atomic E-state index is 13.6. The third-order valence-electron chi connectivity index (χ3n) is 5.08. The number of alkyl halides is 3. The first-order valence-electron chi connectivity index (χ1n) is 9.36. The van der Waals surface area contributed by atoms with E-state index in [1.54, 1.807) is 23.1 Å². The Morgan fingerprint density at radius 2 is 2.03 bits per heavy atom. The summed E-state index contributed by atoms with van der Waals surface area (Å²) in [6, 6.07) is 7.77. The summed E-state index contributed by atoms with van der Waals surface area (Å²) in [5.74, 6) is -2.82. The fraction of sp³-hybridized carbons (Fsp3) is 0.400. The molecule has 2 aromatic rings. The number of amides is 2. The zero-order chi connectivity index (χ0) is 21.9. The minimum absolute atomic E-state index is 0.158. The summed E-state index contributed by atoms with van der Waals surface area (Å²) in [6.45, 7) is -0.113. The molecule has 3 N–H and O–H groups in total. The van der Waals surface area contributed by atoms with E-state index in [2.05, 4.69) is 10.3 Å². The lowest BCUT2D eigenvalue weighted by molar-refractivity contribution is -0.178. The zero-order valence-electron chi connectivity index (χ0n) is 15.9. The summed E-state index contributed by atoms with van der Waals surface area (Å²) in [7, 11) is 0. The molecule has 158 valence electrons. The highest BCUT2D eigenvalue weighted by Crippen LogP contribution is 2.37. The molecule has 3 rings (SSSR count). The van der Waals surface area contributed by atoms with Gasteiger partial charge in [0.25, 0.3) is 0 Å². The highest BCUT2D eigenvalue weighted by molar-refractivity contribution is 5.95. The van der Waals surface area contributed by atoms with Crippen molar-refractivity contribution in [1.29, 1.82) is 5.26 Å². The quantitative estimate of drug-likeness (QED) is 0.772. The van der Waals surface area contributed by atoms with E-state index in [1.807, 2.05) is 6.07 Å². The number of pyridine rings is 1. The number of aromatic nitrogens is 1. The van der Waals surface area contributed by atoms with Crippen LogP contribution >= 0.6 is 0 Å². The number of hydrogen-bond donors (Lipinski definition) is 2. The fourth-order valence-corrected chi connectivity index (χ4v) is 3.70. The van der Waals surface area contributed by atoms with Gasteiger partial charge in [-0.25, -0.2) is 0 Å². The van der Waals surface area contributed by atoms with E-state index in [9.17, 15) is 28.0 Å². The summed E-state index contributed by atoms with van der Waals surface area (Å²) in [5, 5.41) is 12.4. The van der Waals surface area contributed by atoms with Crippen LogP contribution in [0, 0.1) is 17.2 Å². The molecule has 10 heteroatoms. The lowest BCUT2D eigenvalue weighted by Crippen LogP contribution is -2.54. The maximum Gasteiger partial charge on any atom is 0.393 e. The Balaban J connectivity index is 1.90. The largest absolute Gasteiger partial charge is 0.393 e. The van der Waals surface area contributed by atoms with Gasteiger partial charge in [-0.05, 0) is 30.7 Å². The van der Waals surface area contributed by atoms with E-state index in [1.165, 1.54) is 12.3 Å². The third kappa shape index (κ3) is 4.79. The fourth-order valence-electron chi connectivity index (χ4n) is 3.70. The van der Waals surface area contributed by atoms with Crippen LogP contribution in [0.5, 0.6) is 0 Å². The molecule has 0 aliphatic carbocycles. The highest BCUT2D eigenvalue weighted by Gasteiger charge is 2.45. The SMILES string of the molecule is N#Cc1ccc(N2C[C@H](NC(=O)CCC(N)=O)C[C@H](C(F)(F)F)C2)c2cccnc12. The second kappa shape index (κ2) is 8.57. The average molecular weight is 419 g/mol. The molecule has 7 nitrogen and oxygen atoms in total. The Hall–Kier alpha value is -3.35. The molecule has 1 fully saturated rings. The van der Waals surface area contributed by atoms with Gasteiger partial charge >= 0.3 is 6.18 Å². The Morgan fingerprint density at radius 1 is 1.27 bits per heavy atom. The van der Waals surface area contributed by atoms with Crippen LogP contribution < -0.4 is 16.0 Å². The number of nitriles is 1. The third-order valence-corrected chi connectivity index (χ3v) is 5.08. The standard InChI is InChI=1S/C20H20F3N5O2/c21-20(22,23)13-8-14(27-18(30)6-5-17(25)29)11-28(10-13)16-4-3-12(9-24)19-15(16)2-1-7-26-19/h1-4,7,13-14H,5-6,8,10-11H2,(H2,25,29)(H,27,30)/t13-,14+/m0/s1. The van der Waals surface area contributed by atoms with Crippen LogP contribution in [0.2, 0.25) is 0 Å². The maximum absolute atomic E-state index is 13.6. The molecule has 1 aromatic carbocycles. The highest BCUT2D eigenvalue weighted by atomic mass is 19.4. The van der Waals surface area contributed by atoms with Gasteiger partial charge in [0, 0.05) is 49.2 Å². The summed E-state index contributed by atoms with van der Waals surface area (Å²) < 4.78 is 40.7. The predicted octanol–water partition coefficient (Wildman–Crippen LogP) is 2.25. The molecule has 0 unspecified atom stereocenters. The number of piperidine rings is 1. The van der Waals surface area contributed by atoms with Crippen molar-refractivity contribution in [2.24, 2.45) is 11.7 Å². The minimum Gasteiger partial charge on any atom is -0.370 e. The van der Waals surface area contributed by atoms with Crippen molar-refractivity contribution in [3.63, 3.8) is 0 Å². The molecule has 1 saturated heterocycles. The van der Waals surface area contributed by atoms with Crippen LogP contribution in [-0.2, 0) is 9.59 Å². The molecular weight excluding hydrogens is 399 g/mol. The van der Waals surface area contributed by atoms with Crippen molar-refractivity contribution in [1.82, 2.24) is 10.3 Å². The molecule has 30 heavy (non-hydrogen) atoms. The van der Waals surface area contributed by atoms with Gasteiger partial charge in [-0.1, -0.05) is 0 Å². The first-order valence-corrected chi connectivity index (χ1v) is 9.36. The molecule has 0 bridgehead atoms. The van der Waals surface area contributed by atoms with E-state index in [0.717, 1.165) is 0 Å². The van der Waals surface area contributed by atoms with E-state index in [0.29, 0.717) is 22.2 Å². The summed E-state index contributed by atoms with van der Waals surface area (Å²) in [6.07, 6.45) is -3.52. The lowest BCUT2D eigenvalue weighted by atomic mass is 9.92. The number of halogens is 3. The zero-order valence-corrected chi connectivity index (χ0v) is 15.9. The van der Waals surface area contributed by atoms with Gasteiger partial charge in [0.15, 0.2) is 0 Å². The minimum atomic E-state index is -4.43. The van der Waals surface area contributed by atoms with Crippen molar-refractivity contribution in [2.75, 3.05) is 18.0 Å². The molecule has 2 atom stereocenters. The Labute approximate surface area is 170 Å². The normalized spacial score (nSPS) is 19.3. The number of hydrogen-bond acceptors (Lipinski definition) is 5. The monoisotopic (exact) mass is 419 g/mol. The van der Waals surface area contributed by atoms with Gasteiger partial charge in [-0.2, -0.15) is 18.4 Å². The molecule has 0 radical (unpaired) electrons. The molecular formula is C20H20F3N5O2. The average Bonchev–Trinajstić information content (AvgIpc) is 2.70. The number of nitrogens with two attached hydrogens (primary N) is 1. The summed E-state index contributed by atoms with van der Waals surface area (Å²) in [5.41, 5.74) is 6.28. The van der Waals surface area contributed by atoms with Gasteiger partial charge < -0.3 is 16.0 Å². The van der Waals surface area contributed by atoms with Crippen molar-refractivity contribution in [3.05, 3.63) is 36.0 Å². The molecule has 1 aliphatic rings. The van der Waals surface area contributed by atoms with Crippen molar-refractivity contribution in [2.45, 2.75) is 31.5 Å². The molecule has 1 aliphatic heterocycles. The number of carbonyl (C=O) groups excluding carboxylic acids is 2. The smallest absolute Gasteiger partial charge is 0.370 e. The van der Waals surface area contributed by atoms with Crippen LogP contribution in [0.1, 0.15) is 24.8 Å². The molecule has 0 saturated carbocycles. The lowest BCUT2D eigenvalue weighted by Gasteiger charge is -2.40. The first-order chi connectivity index (χ1) is 14.2. The second-order valence-electron chi connectivity index (χ2n) is 7.25. The van der Waals surface area contributed by atoms with Gasteiger partial charge in [0.05, 0.1) is 17.0 Å². The Morgan fingerprint density at radius 3 is 2.70 bits per heavy atom. The molecule has 2 amide bonds. The number of fused-ring (bicyclic) bond motifs is 1. The molecule has 1 aromatic heterocycles. The number of benzene rings is 1. The van der Waals surface area contributed by atoms with Gasteiger partial charge in [-0.15, -0.1) is 0 Å². The molecule has 0 spiro atoms. The number of anilines is 1. The number of primary amides is 1. The van der Waals surface area contributed by atoms with Crippen LogP contribution in [0.25, 0.3) is 10.9 Å². The Bertz CT molecular complexity index is 1000. The molecule has 2 heterocycles. The predicted molar refractivity (Wildman–Crippen MR) is 103 cm³/mol. The second-order valence-corrected chi connectivity index (χ2v) is 7.25. The van der Waals surface area contributed by atoms with Crippen LogP contribution in [-0.4, -0.2) is 42.1 Å². The van der Waals surface area contributed by atoms with Crippen molar-refractivity contribution < 1.29 is 22.8 Å². The van der Waals surface area contributed by atoms with E-state index >= 15 is 0 Å². The van der Waals surface area contributed by atoms with Crippen molar-refractivity contribution >= 4 is 28.4 Å². The van der Waals surface area contributed by atoms with Gasteiger partial charge in [-0.3, -0.25) is 14.6 Å². The van der Waals surface area contributed by atoms with Crippen LogP contribution in [0.3, 0.4) is 0 Å². The number of rotatable bonds is 5. The number of carbonyl (C=O) groups is 2. The van der Waals surface area contributed by atoms with Gasteiger partial charge in [0.2, 0.25) is 11.8 Å². The van der Waals surface area contributed by atoms with Crippen molar-refractivity contribution in [3.8, 4) is 6.07 Å². The first kappa shape index (κ1) is 21.4. The van der Waals surface area contributed by atoms with E-state index < -0.39 is 30.0 Å². The van der Waals surface area contributed by atoms with E-state index in [-0.39, 0.29) is 32.4 Å². The number of nitrogens with zero attached hydrogens (tertiary/aromatic N) is 3. The Kier molecular flexibility index (Phi) is 6.10. The van der Waals surface area contributed by atoms with E-state index in [4.69, 9.17) is 5.73 Å². The summed E-state index contributed by atoms with van der Waals surface area (Å²) >= 11 is 0. The number of nitrogens with one attached hydrogen (secondary N) is 1. The van der Waals surface area contributed by atoms with Gasteiger partial charge in [0.1, 0.15) is 6.07 Å². The van der Waals surface area contributed by atoms with Crippen LogP contribution in [0.4, 0.5) is 18.9 Å². The summed E-state index contributed by atoms with van der Waals surface area (Å²) in [4.78, 5) is 28.7.